The van der Waals surface area contributed by atoms with E-state index in [1.165, 1.54) is 0 Å². The maximum Gasteiger partial charge on any atom is 0.306 e. The number of nitrogens with zero attached hydrogens (tertiary/aromatic N) is 1. The number of allylic oxidation sites excluding steroid dienone is 19. The van der Waals surface area contributed by atoms with Crippen molar-refractivity contribution in [1.29, 1.82) is 0 Å². The summed E-state index contributed by atoms with van der Waals surface area (Å²) in [5.74, 6) is -1.04. The molecule has 0 aliphatic heterocycles. The second-order valence-electron chi connectivity index (χ2n) is 15.5. The van der Waals surface area contributed by atoms with Crippen molar-refractivity contribution in [1.82, 2.24) is 0 Å². The molecule has 0 heterocycles. The average Bonchev–Trinajstić information content (AvgIpc) is 3.21. The van der Waals surface area contributed by atoms with Crippen LogP contribution < -0.4 is 4.89 Å². The molecule has 0 radical (unpaired) electrons. The maximum absolute atomic E-state index is 12.7. The molecular formula is C50H80NO9P. The third kappa shape index (κ3) is 44.2. The molecule has 61 heavy (non-hydrogen) atoms. The first-order valence-corrected chi connectivity index (χ1v) is 23.8. The van der Waals surface area contributed by atoms with E-state index in [0.29, 0.717) is 30.3 Å². The number of esters is 2. The van der Waals surface area contributed by atoms with Crippen LogP contribution in [0.1, 0.15) is 123 Å². The number of quaternary nitrogens is 1. The highest BCUT2D eigenvalue weighted by molar-refractivity contribution is 7.45. The zero-order chi connectivity index (χ0) is 45.1. The van der Waals surface area contributed by atoms with E-state index in [4.69, 9.17) is 18.5 Å². The zero-order valence-corrected chi connectivity index (χ0v) is 39.1. The number of hydrogen-bond donors (Lipinski definition) is 1. The van der Waals surface area contributed by atoms with Gasteiger partial charge in [-0.25, -0.2) is 0 Å². The van der Waals surface area contributed by atoms with Crippen LogP contribution >= 0.6 is 7.82 Å². The molecular weight excluding hydrogens is 790 g/mol. The van der Waals surface area contributed by atoms with Gasteiger partial charge < -0.3 is 33.0 Å². The third-order valence-electron chi connectivity index (χ3n) is 8.58. The van der Waals surface area contributed by atoms with Gasteiger partial charge >= 0.3 is 11.9 Å². The highest BCUT2D eigenvalue weighted by Gasteiger charge is 2.21. The van der Waals surface area contributed by atoms with Gasteiger partial charge in [0, 0.05) is 12.8 Å². The topological polar surface area (TPSA) is 131 Å². The zero-order valence-electron chi connectivity index (χ0n) is 38.2. The molecule has 1 unspecified atom stereocenters. The van der Waals surface area contributed by atoms with Crippen LogP contribution in [0.3, 0.4) is 0 Å². The Morgan fingerprint density at radius 2 is 1.15 bits per heavy atom. The van der Waals surface area contributed by atoms with E-state index in [0.717, 1.165) is 77.0 Å². The van der Waals surface area contributed by atoms with E-state index in [1.54, 1.807) is 0 Å². The number of rotatable bonds is 38. The van der Waals surface area contributed by atoms with Crippen LogP contribution in [0.25, 0.3) is 0 Å². The molecule has 0 spiro atoms. The molecule has 0 aromatic carbocycles. The van der Waals surface area contributed by atoms with Gasteiger partial charge in [0.05, 0.1) is 33.9 Å². The Bertz CT molecular complexity index is 1460. The molecule has 0 aliphatic rings. The minimum absolute atomic E-state index is 0.0681. The minimum atomic E-state index is -4.68. The van der Waals surface area contributed by atoms with Crippen molar-refractivity contribution in [2.75, 3.05) is 47.5 Å². The Hall–Kier alpha value is -3.63. The van der Waals surface area contributed by atoms with Gasteiger partial charge in [0.1, 0.15) is 19.8 Å². The molecule has 3 atom stereocenters. The number of carbonyl (C=O) groups excluding carboxylic acids is 2. The fourth-order valence-electron chi connectivity index (χ4n) is 5.08. The van der Waals surface area contributed by atoms with Crippen molar-refractivity contribution in [3.05, 3.63) is 122 Å². The molecule has 0 rings (SSSR count). The number of hydrogen-bond acceptors (Lipinski definition) is 9. The van der Waals surface area contributed by atoms with Gasteiger partial charge in [-0.1, -0.05) is 155 Å². The van der Waals surface area contributed by atoms with E-state index in [-0.39, 0.29) is 32.2 Å². The van der Waals surface area contributed by atoms with Crippen LogP contribution in [0.2, 0.25) is 0 Å². The van der Waals surface area contributed by atoms with Crippen LogP contribution in [0, 0.1) is 0 Å². The van der Waals surface area contributed by atoms with Gasteiger partial charge in [0.15, 0.2) is 6.10 Å². The summed E-state index contributed by atoms with van der Waals surface area (Å²) in [6.07, 6.45) is 52.9. The summed E-state index contributed by atoms with van der Waals surface area (Å²) in [7, 11) is 1.04. The van der Waals surface area contributed by atoms with E-state index < -0.39 is 32.5 Å². The summed E-state index contributed by atoms with van der Waals surface area (Å²) >= 11 is 0. The minimum Gasteiger partial charge on any atom is -0.756 e. The molecule has 0 aromatic heterocycles. The van der Waals surface area contributed by atoms with E-state index >= 15 is 0 Å². The van der Waals surface area contributed by atoms with Crippen LogP contribution in [0.5, 0.6) is 0 Å². The first kappa shape index (κ1) is 57.4. The smallest absolute Gasteiger partial charge is 0.306 e. The molecule has 0 bridgehead atoms. The third-order valence-corrected chi connectivity index (χ3v) is 9.55. The van der Waals surface area contributed by atoms with Crippen molar-refractivity contribution in [2.45, 2.75) is 135 Å². The summed E-state index contributed by atoms with van der Waals surface area (Å²) < 4.78 is 33.7. The number of carbonyl (C=O) groups is 2. The Balaban J connectivity index is 4.64. The van der Waals surface area contributed by atoms with Gasteiger partial charge in [0.2, 0.25) is 0 Å². The van der Waals surface area contributed by atoms with Crippen molar-refractivity contribution in [3.8, 4) is 0 Å². The number of likely N-dealkylation sites (N-methyl/N-ethyl adjacent to an activating group) is 1. The summed E-state index contributed by atoms with van der Waals surface area (Å²) in [5.41, 5.74) is 0. The Labute approximate surface area is 370 Å². The molecule has 344 valence electrons. The summed E-state index contributed by atoms with van der Waals surface area (Å²) in [6, 6.07) is 0. The van der Waals surface area contributed by atoms with Crippen LogP contribution in [-0.4, -0.2) is 81.2 Å². The molecule has 10 nitrogen and oxygen atoms in total. The molecule has 0 fully saturated rings. The van der Waals surface area contributed by atoms with Crippen LogP contribution in [-0.2, 0) is 32.7 Å². The summed E-state index contributed by atoms with van der Waals surface area (Å²) in [4.78, 5) is 37.5. The summed E-state index contributed by atoms with van der Waals surface area (Å²) in [6.45, 7) is 3.78. The van der Waals surface area contributed by atoms with Crippen molar-refractivity contribution in [2.24, 2.45) is 0 Å². The Morgan fingerprint density at radius 1 is 0.623 bits per heavy atom. The van der Waals surface area contributed by atoms with Gasteiger partial charge in [0.25, 0.3) is 7.82 Å². The molecule has 0 saturated heterocycles. The first-order valence-electron chi connectivity index (χ1n) is 22.4. The van der Waals surface area contributed by atoms with Crippen molar-refractivity contribution < 1.29 is 47.2 Å². The number of phosphoric acid groups is 1. The van der Waals surface area contributed by atoms with Gasteiger partial charge in [-0.05, 0) is 77.0 Å². The molecule has 0 amide bonds. The van der Waals surface area contributed by atoms with E-state index in [9.17, 15) is 24.2 Å². The molecule has 0 aliphatic carbocycles. The second kappa shape index (κ2) is 40.4. The quantitative estimate of drug-likeness (QED) is 0.0161. The Morgan fingerprint density at radius 3 is 1.69 bits per heavy atom. The SMILES string of the molecule is CC/C=C\C/C=C\C/C=C\C/C=C\C/C=C\C/C=C\CCC(=O)OC[C@H](COP(=O)([O-])OCC[N+](C)(C)C)OC(=O)CCC/C=C\C/C=C\C/C=C\C=C\[C@@H](O)CCCCC. The number of aliphatic hydroxyl groups is 1. The van der Waals surface area contributed by atoms with Crippen molar-refractivity contribution >= 4 is 19.8 Å². The summed E-state index contributed by atoms with van der Waals surface area (Å²) in [5, 5.41) is 9.91. The van der Waals surface area contributed by atoms with Gasteiger partial charge in [-0.15, -0.1) is 0 Å². The molecule has 11 heteroatoms. The predicted molar refractivity (Wildman–Crippen MR) is 250 cm³/mol. The standard InChI is InChI=1S/C50H80NO9P/c1-6-8-10-11-12-13-14-15-16-17-18-19-20-21-24-27-30-33-37-41-49(53)57-45-48(46-59-61(55,56)58-44-43-51(3,4)5)60-50(54)42-38-34-31-28-25-22-23-26-29-32-36-40-47(52)39-35-9-7-2/h8,10,12-13,15-16,18-19,21-24,28-33,36,40,47-48,52H,6-7,9,11,14,17,20,25-27,34-35,37-39,41-46H2,1-5H3/b10-8-,13-12-,16-15-,19-18-,23-22-,24-21-,31-28-,32-29-,33-30-,40-36+/t47-,48+/m0/s1. The van der Waals surface area contributed by atoms with Gasteiger partial charge in [-0.3, -0.25) is 14.2 Å². The number of aliphatic hydroxyl groups excluding tert-OH is 1. The predicted octanol–water partition coefficient (Wildman–Crippen LogP) is 11.2. The fraction of sp³-hybridized carbons (Fsp3) is 0.560. The highest BCUT2D eigenvalue weighted by Crippen LogP contribution is 2.38. The maximum atomic E-state index is 12.7. The van der Waals surface area contributed by atoms with Crippen LogP contribution in [0.4, 0.5) is 0 Å². The largest absolute Gasteiger partial charge is 0.756 e. The lowest BCUT2D eigenvalue weighted by Gasteiger charge is -2.28. The van der Waals surface area contributed by atoms with Crippen molar-refractivity contribution in [3.63, 3.8) is 0 Å². The second-order valence-corrected chi connectivity index (χ2v) is 16.9. The number of phosphoric ester groups is 1. The molecule has 0 saturated carbocycles. The number of ether oxygens (including phenoxy) is 2. The van der Waals surface area contributed by atoms with Crippen LogP contribution in [0.15, 0.2) is 122 Å². The molecule has 0 aromatic rings. The fourth-order valence-corrected chi connectivity index (χ4v) is 5.80. The first-order chi connectivity index (χ1) is 29.4. The van der Waals surface area contributed by atoms with E-state index in [1.807, 2.05) is 69.8 Å². The van der Waals surface area contributed by atoms with Gasteiger partial charge in [-0.2, -0.15) is 0 Å². The van der Waals surface area contributed by atoms with E-state index in [2.05, 4.69) is 86.8 Å². The lowest BCUT2D eigenvalue weighted by molar-refractivity contribution is -0.870. The lowest BCUT2D eigenvalue weighted by atomic mass is 10.1. The average molecular weight is 870 g/mol. The Kier molecular flexibility index (Phi) is 38.0. The monoisotopic (exact) mass is 870 g/mol. The lowest BCUT2D eigenvalue weighted by Crippen LogP contribution is -2.37. The normalized spacial score (nSPS) is 15.2. The number of unbranched alkanes of at least 4 members (excludes halogenated alkanes) is 3. The highest BCUT2D eigenvalue weighted by atomic mass is 31.2. The molecule has 1 N–H and O–H groups in total.